The van der Waals surface area contributed by atoms with Crippen molar-refractivity contribution in [2.24, 2.45) is 0 Å². The molecule has 0 aliphatic heterocycles. The third-order valence-electron chi connectivity index (χ3n) is 3.60. The molecule has 0 radical (unpaired) electrons. The molecule has 1 aromatic heterocycles. The van der Waals surface area contributed by atoms with Gasteiger partial charge >= 0.3 is 0 Å². The van der Waals surface area contributed by atoms with E-state index >= 15 is 0 Å². The third-order valence-corrected chi connectivity index (χ3v) is 3.60. The maximum absolute atomic E-state index is 4.77. The van der Waals surface area contributed by atoms with Crippen molar-refractivity contribution < 1.29 is 0 Å². The van der Waals surface area contributed by atoms with Crippen molar-refractivity contribution in [1.29, 1.82) is 0 Å². The van der Waals surface area contributed by atoms with E-state index in [1.54, 1.807) is 0 Å². The number of aryl methyl sites for hydroxylation is 3. The molecule has 0 aliphatic carbocycles. The van der Waals surface area contributed by atoms with E-state index in [1.165, 1.54) is 22.3 Å². The van der Waals surface area contributed by atoms with E-state index in [1.807, 2.05) is 0 Å². The van der Waals surface area contributed by atoms with Crippen LogP contribution in [-0.2, 0) is 6.54 Å². The molecule has 2 heteroatoms. The second kappa shape index (κ2) is 6.67. The number of benzene rings is 1. The summed E-state index contributed by atoms with van der Waals surface area (Å²) in [5.41, 5.74) is 7.28. The first-order valence-electron chi connectivity index (χ1n) is 7.36. The molecule has 106 valence electrons. The first kappa shape index (κ1) is 14.7. The highest BCUT2D eigenvalue weighted by Gasteiger charge is 2.06. The van der Waals surface area contributed by atoms with Crippen LogP contribution in [0, 0.1) is 20.8 Å². The molecule has 1 N–H and O–H groups in total. The van der Waals surface area contributed by atoms with Gasteiger partial charge in [0.15, 0.2) is 0 Å². The highest BCUT2D eigenvalue weighted by molar-refractivity contribution is 5.64. The van der Waals surface area contributed by atoms with Crippen LogP contribution in [0.15, 0.2) is 30.3 Å². The second-order valence-electron chi connectivity index (χ2n) is 5.44. The largest absolute Gasteiger partial charge is 0.313 e. The Morgan fingerprint density at radius 2 is 1.85 bits per heavy atom. The van der Waals surface area contributed by atoms with E-state index in [0.717, 1.165) is 30.9 Å². The Kier molecular flexibility index (Phi) is 4.91. The minimum absolute atomic E-state index is 0.903. The van der Waals surface area contributed by atoms with Crippen LogP contribution in [0.4, 0.5) is 0 Å². The van der Waals surface area contributed by atoms with E-state index in [2.05, 4.69) is 63.3 Å². The van der Waals surface area contributed by atoms with E-state index in [9.17, 15) is 0 Å². The van der Waals surface area contributed by atoms with Crippen LogP contribution in [0.25, 0.3) is 11.3 Å². The molecule has 0 amide bonds. The predicted molar refractivity (Wildman–Crippen MR) is 85.9 cm³/mol. The highest BCUT2D eigenvalue weighted by Crippen LogP contribution is 2.23. The minimum Gasteiger partial charge on any atom is -0.313 e. The molecular formula is C18H24N2. The molecule has 1 heterocycles. The number of nitrogens with zero attached hydrogens (tertiary/aromatic N) is 1. The summed E-state index contributed by atoms with van der Waals surface area (Å²) in [5, 5.41) is 3.43. The van der Waals surface area contributed by atoms with Crippen molar-refractivity contribution in [1.82, 2.24) is 10.3 Å². The lowest BCUT2D eigenvalue weighted by molar-refractivity contribution is 0.671. The molecule has 2 nitrogen and oxygen atoms in total. The van der Waals surface area contributed by atoms with Crippen LogP contribution in [0.2, 0.25) is 0 Å². The Morgan fingerprint density at radius 1 is 1.05 bits per heavy atom. The molecule has 0 unspecified atom stereocenters. The number of rotatable bonds is 5. The van der Waals surface area contributed by atoms with Gasteiger partial charge in [-0.3, -0.25) is 4.98 Å². The van der Waals surface area contributed by atoms with Crippen molar-refractivity contribution in [3.05, 3.63) is 52.7 Å². The first-order chi connectivity index (χ1) is 9.61. The van der Waals surface area contributed by atoms with Crippen molar-refractivity contribution >= 4 is 0 Å². The van der Waals surface area contributed by atoms with Crippen LogP contribution in [0.1, 0.15) is 35.7 Å². The molecule has 0 saturated carbocycles. The predicted octanol–water partition coefficient (Wildman–Crippen LogP) is 4.17. The van der Waals surface area contributed by atoms with Crippen molar-refractivity contribution in [3.63, 3.8) is 0 Å². The topological polar surface area (TPSA) is 24.9 Å². The van der Waals surface area contributed by atoms with E-state index in [4.69, 9.17) is 4.98 Å². The molecule has 0 bridgehead atoms. The van der Waals surface area contributed by atoms with Crippen LogP contribution in [0.3, 0.4) is 0 Å². The standard InChI is InChI=1S/C18H24N2/c1-5-10-19-12-16-7-9-18(20-15(16)4)17-8-6-13(2)11-14(17)3/h6-9,11,19H,5,10,12H2,1-4H3. The Bertz CT molecular complexity index is 588. The summed E-state index contributed by atoms with van der Waals surface area (Å²) in [4.78, 5) is 4.77. The van der Waals surface area contributed by atoms with E-state index < -0.39 is 0 Å². The molecule has 2 aromatic rings. The van der Waals surface area contributed by atoms with Crippen LogP contribution < -0.4 is 5.32 Å². The monoisotopic (exact) mass is 268 g/mol. The normalized spacial score (nSPS) is 10.8. The Labute approximate surface area is 122 Å². The molecule has 0 aliphatic rings. The Balaban J connectivity index is 2.24. The zero-order valence-electron chi connectivity index (χ0n) is 13.0. The summed E-state index contributed by atoms with van der Waals surface area (Å²) in [6, 6.07) is 10.9. The summed E-state index contributed by atoms with van der Waals surface area (Å²) in [7, 11) is 0. The van der Waals surface area contributed by atoms with Crippen LogP contribution in [-0.4, -0.2) is 11.5 Å². The van der Waals surface area contributed by atoms with Gasteiger partial charge < -0.3 is 5.32 Å². The summed E-state index contributed by atoms with van der Waals surface area (Å²) >= 11 is 0. The van der Waals surface area contributed by atoms with Crippen LogP contribution in [0.5, 0.6) is 0 Å². The first-order valence-corrected chi connectivity index (χ1v) is 7.36. The fraction of sp³-hybridized carbons (Fsp3) is 0.389. The average molecular weight is 268 g/mol. The molecule has 0 saturated heterocycles. The summed E-state index contributed by atoms with van der Waals surface area (Å²) in [6.45, 7) is 10.5. The Morgan fingerprint density at radius 3 is 2.50 bits per heavy atom. The van der Waals surface area contributed by atoms with E-state index in [-0.39, 0.29) is 0 Å². The second-order valence-corrected chi connectivity index (χ2v) is 5.44. The molecule has 2 rings (SSSR count). The SMILES string of the molecule is CCCNCc1ccc(-c2ccc(C)cc2C)nc1C. The van der Waals surface area contributed by atoms with Gasteiger partial charge in [0.1, 0.15) is 0 Å². The molecule has 1 aromatic carbocycles. The third kappa shape index (κ3) is 3.45. The molecule has 20 heavy (non-hydrogen) atoms. The quantitative estimate of drug-likeness (QED) is 0.823. The van der Waals surface area contributed by atoms with Crippen LogP contribution >= 0.6 is 0 Å². The molecule has 0 atom stereocenters. The molecule has 0 spiro atoms. The maximum Gasteiger partial charge on any atom is 0.0708 e. The number of pyridine rings is 1. The zero-order valence-corrected chi connectivity index (χ0v) is 13.0. The molecular weight excluding hydrogens is 244 g/mol. The van der Waals surface area contributed by atoms with Gasteiger partial charge in [0.05, 0.1) is 5.69 Å². The highest BCUT2D eigenvalue weighted by atomic mass is 14.9. The number of hydrogen-bond acceptors (Lipinski definition) is 2. The Hall–Kier alpha value is -1.67. The van der Waals surface area contributed by atoms with Crippen molar-refractivity contribution in [3.8, 4) is 11.3 Å². The van der Waals surface area contributed by atoms with Gasteiger partial charge in [-0.1, -0.05) is 36.8 Å². The number of nitrogens with one attached hydrogen (secondary N) is 1. The minimum atomic E-state index is 0.903. The van der Waals surface area contributed by atoms with Gasteiger partial charge in [-0.15, -0.1) is 0 Å². The zero-order chi connectivity index (χ0) is 14.5. The smallest absolute Gasteiger partial charge is 0.0708 e. The lowest BCUT2D eigenvalue weighted by Gasteiger charge is -2.11. The maximum atomic E-state index is 4.77. The van der Waals surface area contributed by atoms with Gasteiger partial charge in [0.2, 0.25) is 0 Å². The van der Waals surface area contributed by atoms with Crippen molar-refractivity contribution in [2.75, 3.05) is 6.54 Å². The van der Waals surface area contributed by atoms with Crippen molar-refractivity contribution in [2.45, 2.75) is 40.7 Å². The summed E-state index contributed by atoms with van der Waals surface area (Å²) in [6.07, 6.45) is 1.16. The van der Waals surface area contributed by atoms with Gasteiger partial charge in [-0.25, -0.2) is 0 Å². The fourth-order valence-electron chi connectivity index (χ4n) is 2.43. The number of aromatic nitrogens is 1. The number of hydrogen-bond donors (Lipinski definition) is 1. The summed E-state index contributed by atoms with van der Waals surface area (Å²) < 4.78 is 0. The average Bonchev–Trinajstić information content (AvgIpc) is 2.41. The summed E-state index contributed by atoms with van der Waals surface area (Å²) in [5.74, 6) is 0. The van der Waals surface area contributed by atoms with Gasteiger partial charge in [-0.2, -0.15) is 0 Å². The van der Waals surface area contributed by atoms with Gasteiger partial charge in [-0.05, 0) is 50.9 Å². The lowest BCUT2D eigenvalue weighted by Crippen LogP contribution is -2.15. The lowest BCUT2D eigenvalue weighted by atomic mass is 10.0. The molecule has 0 fully saturated rings. The van der Waals surface area contributed by atoms with Gasteiger partial charge in [0, 0.05) is 17.8 Å². The van der Waals surface area contributed by atoms with E-state index in [0.29, 0.717) is 0 Å². The van der Waals surface area contributed by atoms with Gasteiger partial charge in [0.25, 0.3) is 0 Å². The fourth-order valence-corrected chi connectivity index (χ4v) is 2.43.